The van der Waals surface area contributed by atoms with Gasteiger partial charge in [0.25, 0.3) is 0 Å². The first-order valence-electron chi connectivity index (χ1n) is 4.65. The van der Waals surface area contributed by atoms with Crippen molar-refractivity contribution < 1.29 is 4.74 Å². The molecule has 0 saturated heterocycles. The third-order valence-corrected chi connectivity index (χ3v) is 2.27. The average Bonchev–Trinajstić information content (AvgIpc) is 2.20. The van der Waals surface area contributed by atoms with Crippen LogP contribution in [0.15, 0.2) is 24.3 Å². The van der Waals surface area contributed by atoms with E-state index in [4.69, 9.17) is 16.3 Å². The molecule has 0 radical (unpaired) electrons. The maximum Gasteiger partial charge on any atom is 0.119 e. The molecule has 1 aromatic carbocycles. The first kappa shape index (κ1) is 11.1. The van der Waals surface area contributed by atoms with Crippen LogP contribution in [0.3, 0.4) is 0 Å². The summed E-state index contributed by atoms with van der Waals surface area (Å²) in [5, 5.41) is 0. The zero-order valence-corrected chi connectivity index (χ0v) is 9.34. The number of methoxy groups -OCH3 is 1. The van der Waals surface area contributed by atoms with Gasteiger partial charge in [-0.05, 0) is 36.6 Å². The molecule has 0 heterocycles. The minimum Gasteiger partial charge on any atom is -0.497 e. The van der Waals surface area contributed by atoms with Crippen LogP contribution in [0, 0.1) is 6.92 Å². The van der Waals surface area contributed by atoms with Crippen molar-refractivity contribution in [3.8, 4) is 5.75 Å². The molecular weight excluding hydrogens is 196 g/mol. The minimum absolute atomic E-state index is 0.672. The molecule has 2 heteroatoms. The van der Waals surface area contributed by atoms with Crippen molar-refractivity contribution in [2.75, 3.05) is 13.0 Å². The molecule has 0 unspecified atom stereocenters. The standard InChI is InChI=1S/C12H15ClO/c1-10-9-12(14-2)7-6-11(10)5-3-4-8-13/h3,5-7,9H,4,8H2,1-2H3. The number of ether oxygens (including phenoxy) is 1. The number of hydrogen-bond donors (Lipinski definition) is 0. The maximum absolute atomic E-state index is 5.58. The fourth-order valence-electron chi connectivity index (χ4n) is 1.24. The van der Waals surface area contributed by atoms with E-state index in [1.54, 1.807) is 7.11 Å². The van der Waals surface area contributed by atoms with E-state index in [2.05, 4.69) is 25.1 Å². The monoisotopic (exact) mass is 210 g/mol. The van der Waals surface area contributed by atoms with Gasteiger partial charge in [-0.1, -0.05) is 18.2 Å². The number of alkyl halides is 1. The second kappa shape index (κ2) is 5.71. The summed E-state index contributed by atoms with van der Waals surface area (Å²) in [6.45, 7) is 2.07. The Morgan fingerprint density at radius 3 is 2.79 bits per heavy atom. The molecule has 0 spiro atoms. The second-order valence-corrected chi connectivity index (χ2v) is 3.48. The van der Waals surface area contributed by atoms with Crippen LogP contribution in [-0.4, -0.2) is 13.0 Å². The van der Waals surface area contributed by atoms with Gasteiger partial charge in [0.15, 0.2) is 0 Å². The number of benzene rings is 1. The zero-order chi connectivity index (χ0) is 10.4. The summed E-state index contributed by atoms with van der Waals surface area (Å²) in [5.41, 5.74) is 2.44. The maximum atomic E-state index is 5.58. The van der Waals surface area contributed by atoms with E-state index in [9.17, 15) is 0 Å². The molecule has 1 nitrogen and oxygen atoms in total. The third-order valence-electron chi connectivity index (χ3n) is 2.05. The van der Waals surface area contributed by atoms with E-state index in [1.165, 1.54) is 11.1 Å². The lowest BCUT2D eigenvalue weighted by molar-refractivity contribution is 0.414. The SMILES string of the molecule is COc1ccc(C=CCCCl)c(C)c1. The molecular formula is C12H15ClO. The van der Waals surface area contributed by atoms with Crippen molar-refractivity contribution in [2.45, 2.75) is 13.3 Å². The summed E-state index contributed by atoms with van der Waals surface area (Å²) in [6.07, 6.45) is 5.09. The van der Waals surface area contributed by atoms with Crippen molar-refractivity contribution in [3.63, 3.8) is 0 Å². The van der Waals surface area contributed by atoms with Crippen LogP contribution in [0.2, 0.25) is 0 Å². The summed E-state index contributed by atoms with van der Waals surface area (Å²) >= 11 is 5.58. The Morgan fingerprint density at radius 2 is 2.21 bits per heavy atom. The second-order valence-electron chi connectivity index (χ2n) is 3.10. The van der Waals surface area contributed by atoms with Crippen LogP contribution >= 0.6 is 11.6 Å². The lowest BCUT2D eigenvalue weighted by Crippen LogP contribution is -1.85. The average molecular weight is 211 g/mol. The molecule has 0 aliphatic carbocycles. The molecule has 0 amide bonds. The van der Waals surface area contributed by atoms with Gasteiger partial charge in [0.2, 0.25) is 0 Å². The van der Waals surface area contributed by atoms with Crippen LogP contribution in [0.25, 0.3) is 6.08 Å². The van der Waals surface area contributed by atoms with Crippen LogP contribution < -0.4 is 4.74 Å². The summed E-state index contributed by atoms with van der Waals surface area (Å²) in [6, 6.07) is 6.05. The first-order chi connectivity index (χ1) is 6.77. The van der Waals surface area contributed by atoms with Crippen molar-refractivity contribution in [2.24, 2.45) is 0 Å². The van der Waals surface area contributed by atoms with Gasteiger partial charge in [-0.25, -0.2) is 0 Å². The van der Waals surface area contributed by atoms with E-state index in [-0.39, 0.29) is 0 Å². The third kappa shape index (κ3) is 3.08. The van der Waals surface area contributed by atoms with E-state index >= 15 is 0 Å². The Hall–Kier alpha value is -0.950. The molecule has 0 atom stereocenters. The topological polar surface area (TPSA) is 9.23 Å². The summed E-state index contributed by atoms with van der Waals surface area (Å²) in [7, 11) is 1.68. The molecule has 0 aliphatic heterocycles. The Morgan fingerprint density at radius 1 is 1.43 bits per heavy atom. The number of aryl methyl sites for hydroxylation is 1. The Labute approximate surface area is 90.3 Å². The van der Waals surface area contributed by atoms with Crippen molar-refractivity contribution in [1.29, 1.82) is 0 Å². The highest BCUT2D eigenvalue weighted by molar-refractivity contribution is 6.17. The van der Waals surface area contributed by atoms with Gasteiger partial charge in [0.1, 0.15) is 5.75 Å². The molecule has 0 bridgehead atoms. The van der Waals surface area contributed by atoms with Crippen LogP contribution in [0.1, 0.15) is 17.5 Å². The van der Waals surface area contributed by atoms with E-state index < -0.39 is 0 Å². The van der Waals surface area contributed by atoms with Crippen LogP contribution in [-0.2, 0) is 0 Å². The zero-order valence-electron chi connectivity index (χ0n) is 8.59. The summed E-state index contributed by atoms with van der Waals surface area (Å²) in [4.78, 5) is 0. The van der Waals surface area contributed by atoms with Crippen molar-refractivity contribution in [1.82, 2.24) is 0 Å². The van der Waals surface area contributed by atoms with Crippen molar-refractivity contribution >= 4 is 17.7 Å². The van der Waals surface area contributed by atoms with Gasteiger partial charge >= 0.3 is 0 Å². The van der Waals surface area contributed by atoms with Crippen LogP contribution in [0.5, 0.6) is 5.75 Å². The Kier molecular flexibility index (Phi) is 4.54. The fourth-order valence-corrected chi connectivity index (χ4v) is 1.36. The predicted octanol–water partition coefficient (Wildman–Crippen LogP) is 3.65. The summed E-state index contributed by atoms with van der Waals surface area (Å²) in [5.74, 6) is 1.57. The molecule has 76 valence electrons. The number of allylic oxidation sites excluding steroid dienone is 1. The molecule has 1 aromatic rings. The number of halogens is 1. The highest BCUT2D eigenvalue weighted by Crippen LogP contribution is 2.17. The van der Waals surface area contributed by atoms with E-state index in [1.807, 2.05) is 12.1 Å². The predicted molar refractivity (Wildman–Crippen MR) is 62.1 cm³/mol. The molecule has 0 N–H and O–H groups in total. The van der Waals surface area contributed by atoms with E-state index in [0.29, 0.717) is 5.88 Å². The normalized spacial score (nSPS) is 10.8. The highest BCUT2D eigenvalue weighted by Gasteiger charge is 1.96. The van der Waals surface area contributed by atoms with Gasteiger partial charge in [0.05, 0.1) is 7.11 Å². The molecule has 0 aliphatic rings. The van der Waals surface area contributed by atoms with Crippen LogP contribution in [0.4, 0.5) is 0 Å². The van der Waals surface area contributed by atoms with Gasteiger partial charge in [0, 0.05) is 5.88 Å². The summed E-state index contributed by atoms with van der Waals surface area (Å²) < 4.78 is 5.13. The van der Waals surface area contributed by atoms with Gasteiger partial charge in [-0.3, -0.25) is 0 Å². The highest BCUT2D eigenvalue weighted by atomic mass is 35.5. The molecule has 0 fully saturated rings. The lowest BCUT2D eigenvalue weighted by Gasteiger charge is -2.03. The fraction of sp³-hybridized carbons (Fsp3) is 0.333. The number of rotatable bonds is 4. The molecule has 14 heavy (non-hydrogen) atoms. The Bertz CT molecular complexity index is 318. The number of hydrogen-bond acceptors (Lipinski definition) is 1. The van der Waals surface area contributed by atoms with Gasteiger partial charge < -0.3 is 4.74 Å². The van der Waals surface area contributed by atoms with Gasteiger partial charge in [-0.15, -0.1) is 11.6 Å². The molecule has 1 rings (SSSR count). The molecule has 0 saturated carbocycles. The quantitative estimate of drug-likeness (QED) is 0.690. The first-order valence-corrected chi connectivity index (χ1v) is 5.18. The van der Waals surface area contributed by atoms with Gasteiger partial charge in [-0.2, -0.15) is 0 Å². The van der Waals surface area contributed by atoms with E-state index in [0.717, 1.165) is 12.2 Å². The lowest BCUT2D eigenvalue weighted by atomic mass is 10.1. The smallest absolute Gasteiger partial charge is 0.119 e. The molecule has 0 aromatic heterocycles. The Balaban J connectivity index is 2.78. The minimum atomic E-state index is 0.672. The largest absolute Gasteiger partial charge is 0.497 e. The van der Waals surface area contributed by atoms with Crippen molar-refractivity contribution in [3.05, 3.63) is 35.4 Å².